The molecule has 1 aliphatic rings. The fourth-order valence-corrected chi connectivity index (χ4v) is 5.15. The highest BCUT2D eigenvalue weighted by atomic mass is 16.7. The van der Waals surface area contributed by atoms with E-state index in [1.807, 2.05) is 44.2 Å². The van der Waals surface area contributed by atoms with E-state index in [0.717, 1.165) is 5.56 Å². The van der Waals surface area contributed by atoms with Crippen LogP contribution in [0.5, 0.6) is 11.5 Å². The molecule has 1 unspecified atom stereocenters. The fraction of sp³-hybridized carbons (Fsp3) is 0.281. The van der Waals surface area contributed by atoms with Gasteiger partial charge in [0.25, 0.3) is 5.91 Å². The van der Waals surface area contributed by atoms with E-state index < -0.39 is 6.04 Å². The van der Waals surface area contributed by atoms with Crippen molar-refractivity contribution in [2.75, 3.05) is 19.9 Å². The lowest BCUT2D eigenvalue weighted by Crippen LogP contribution is -2.40. The normalized spacial score (nSPS) is 12.9. The third kappa shape index (κ3) is 5.29. The lowest BCUT2D eigenvalue weighted by Gasteiger charge is -2.35. The van der Waals surface area contributed by atoms with E-state index in [9.17, 15) is 14.9 Å². The number of rotatable bonds is 9. The zero-order valence-corrected chi connectivity index (χ0v) is 22.6. The van der Waals surface area contributed by atoms with E-state index in [-0.39, 0.29) is 24.0 Å². The summed E-state index contributed by atoms with van der Waals surface area (Å²) in [5.41, 5.74) is 8.28. The number of carbonyl (C=O) groups excluding carboxylic acids is 1. The van der Waals surface area contributed by atoms with Crippen molar-refractivity contribution in [3.63, 3.8) is 0 Å². The molecule has 0 radical (unpaired) electrons. The quantitative estimate of drug-likeness (QED) is 0.313. The maximum atomic E-state index is 14.1. The summed E-state index contributed by atoms with van der Waals surface area (Å²) in [7, 11) is 0. The van der Waals surface area contributed by atoms with Crippen molar-refractivity contribution >= 4 is 16.9 Å². The number of nitrogens with zero attached hydrogens (tertiary/aromatic N) is 2. The van der Waals surface area contributed by atoms with Gasteiger partial charge in [0.15, 0.2) is 16.9 Å². The number of nitriles is 1. The molecule has 1 aliphatic heterocycles. The molecule has 8 heteroatoms. The third-order valence-corrected chi connectivity index (χ3v) is 7.09. The van der Waals surface area contributed by atoms with E-state index in [0.29, 0.717) is 70.9 Å². The number of benzene rings is 3. The van der Waals surface area contributed by atoms with Crippen LogP contribution < -0.4 is 20.6 Å². The molecule has 0 fully saturated rings. The Balaban J connectivity index is 1.69. The summed E-state index contributed by atoms with van der Waals surface area (Å²) in [5.74, 6) is 1.16. The van der Waals surface area contributed by atoms with Gasteiger partial charge in [0.1, 0.15) is 11.3 Å². The molecule has 3 aromatic carbocycles. The molecule has 0 aliphatic carbocycles. The molecule has 0 spiro atoms. The number of ether oxygens (including phenoxy) is 2. The van der Waals surface area contributed by atoms with Gasteiger partial charge in [-0.1, -0.05) is 44.2 Å². The molecule has 40 heavy (non-hydrogen) atoms. The first-order valence-corrected chi connectivity index (χ1v) is 13.4. The Morgan fingerprint density at radius 2 is 1.82 bits per heavy atom. The van der Waals surface area contributed by atoms with Gasteiger partial charge in [0.05, 0.1) is 23.1 Å². The van der Waals surface area contributed by atoms with Crippen molar-refractivity contribution in [1.29, 1.82) is 5.26 Å². The summed E-state index contributed by atoms with van der Waals surface area (Å²) in [4.78, 5) is 29.8. The van der Waals surface area contributed by atoms with Gasteiger partial charge in [-0.3, -0.25) is 9.59 Å². The third-order valence-electron chi connectivity index (χ3n) is 7.09. The summed E-state index contributed by atoms with van der Waals surface area (Å²) in [6.45, 7) is 4.84. The van der Waals surface area contributed by atoms with Crippen molar-refractivity contribution < 1.29 is 18.7 Å². The highest BCUT2D eigenvalue weighted by molar-refractivity contribution is 5.95. The smallest absolute Gasteiger partial charge is 0.254 e. The van der Waals surface area contributed by atoms with Crippen LogP contribution in [0.4, 0.5) is 0 Å². The minimum atomic E-state index is -0.578. The summed E-state index contributed by atoms with van der Waals surface area (Å²) >= 11 is 0. The minimum Gasteiger partial charge on any atom is -0.458 e. The van der Waals surface area contributed by atoms with Crippen LogP contribution in [0.2, 0.25) is 0 Å². The zero-order chi connectivity index (χ0) is 28.2. The molecule has 1 atom stereocenters. The molecular formula is C32H31N3O5. The molecule has 4 aromatic rings. The predicted octanol–water partition coefficient (Wildman–Crippen LogP) is 5.17. The van der Waals surface area contributed by atoms with E-state index in [4.69, 9.17) is 19.6 Å². The molecule has 1 aromatic heterocycles. The first-order chi connectivity index (χ1) is 19.4. The van der Waals surface area contributed by atoms with Crippen LogP contribution in [0.25, 0.3) is 11.0 Å². The van der Waals surface area contributed by atoms with Crippen LogP contribution in [0.15, 0.2) is 75.9 Å². The van der Waals surface area contributed by atoms with Crippen molar-refractivity contribution in [1.82, 2.24) is 4.90 Å². The Morgan fingerprint density at radius 3 is 2.55 bits per heavy atom. The highest BCUT2D eigenvalue weighted by Gasteiger charge is 2.34. The van der Waals surface area contributed by atoms with Gasteiger partial charge in [-0.05, 0) is 60.8 Å². The summed E-state index contributed by atoms with van der Waals surface area (Å²) in [5, 5.41) is 9.87. The number of hydrogen-bond donors (Lipinski definition) is 1. The maximum absolute atomic E-state index is 14.1. The maximum Gasteiger partial charge on any atom is 0.254 e. The van der Waals surface area contributed by atoms with E-state index in [1.165, 1.54) is 0 Å². The van der Waals surface area contributed by atoms with Gasteiger partial charge >= 0.3 is 0 Å². The van der Waals surface area contributed by atoms with Crippen molar-refractivity contribution in [3.8, 4) is 17.6 Å². The molecule has 0 saturated heterocycles. The fourth-order valence-electron chi connectivity index (χ4n) is 5.15. The van der Waals surface area contributed by atoms with Crippen LogP contribution in [-0.4, -0.2) is 30.7 Å². The van der Waals surface area contributed by atoms with Crippen molar-refractivity contribution in [2.45, 2.75) is 32.7 Å². The van der Waals surface area contributed by atoms with Gasteiger partial charge in [0.2, 0.25) is 6.79 Å². The molecule has 8 nitrogen and oxygen atoms in total. The lowest BCUT2D eigenvalue weighted by molar-refractivity contribution is 0.0587. The van der Waals surface area contributed by atoms with Crippen molar-refractivity contribution in [2.24, 2.45) is 11.7 Å². The van der Waals surface area contributed by atoms with Gasteiger partial charge in [-0.15, -0.1) is 0 Å². The van der Waals surface area contributed by atoms with Crippen LogP contribution in [0, 0.1) is 17.2 Å². The van der Waals surface area contributed by atoms with E-state index in [2.05, 4.69) is 6.07 Å². The monoisotopic (exact) mass is 537 g/mol. The Morgan fingerprint density at radius 1 is 1.05 bits per heavy atom. The molecule has 0 bridgehead atoms. The van der Waals surface area contributed by atoms with Crippen LogP contribution >= 0.6 is 0 Å². The molecule has 0 saturated carbocycles. The van der Waals surface area contributed by atoms with Crippen LogP contribution in [-0.2, 0) is 6.42 Å². The van der Waals surface area contributed by atoms with Crippen molar-refractivity contribution in [3.05, 3.63) is 105 Å². The van der Waals surface area contributed by atoms with Crippen LogP contribution in [0.3, 0.4) is 0 Å². The van der Waals surface area contributed by atoms with E-state index in [1.54, 1.807) is 41.3 Å². The topological polar surface area (TPSA) is 119 Å². The Kier molecular flexibility index (Phi) is 7.85. The number of amides is 1. The Bertz CT molecular complexity index is 1640. The first kappa shape index (κ1) is 27.0. The SMILES string of the molecule is CC(C)C(c1oc2cc(C#N)ccc2c(=O)c1Cc1ccccc1)N(CCCN)C(=O)c1ccc2c(c1)OCO2. The summed E-state index contributed by atoms with van der Waals surface area (Å²) < 4.78 is 17.4. The van der Waals surface area contributed by atoms with Gasteiger partial charge in [-0.2, -0.15) is 5.26 Å². The Hall–Kier alpha value is -4.61. The van der Waals surface area contributed by atoms with E-state index >= 15 is 0 Å². The second kappa shape index (κ2) is 11.6. The van der Waals surface area contributed by atoms with Crippen LogP contribution in [0.1, 0.15) is 59.1 Å². The largest absolute Gasteiger partial charge is 0.458 e. The molecule has 204 valence electrons. The lowest BCUT2D eigenvalue weighted by atomic mass is 9.91. The second-order valence-corrected chi connectivity index (χ2v) is 10.2. The van der Waals surface area contributed by atoms with Gasteiger partial charge in [0, 0.05) is 24.1 Å². The van der Waals surface area contributed by atoms with Gasteiger partial charge < -0.3 is 24.5 Å². The molecule has 2 heterocycles. The zero-order valence-electron chi connectivity index (χ0n) is 22.6. The number of fused-ring (bicyclic) bond motifs is 2. The standard InChI is InChI=1S/C32H31N3O5/c1-20(2)29(35(14-6-13-33)32(37)23-10-12-26-28(17-23)39-19-38-26)31-25(15-21-7-4-3-5-8-21)30(36)24-11-9-22(18-34)16-27(24)40-31/h3-5,7-12,16-17,20,29H,6,13-15,19,33H2,1-2H3. The predicted molar refractivity (Wildman–Crippen MR) is 151 cm³/mol. The number of nitrogens with two attached hydrogens (primary N) is 1. The van der Waals surface area contributed by atoms with Gasteiger partial charge in [-0.25, -0.2) is 0 Å². The second-order valence-electron chi connectivity index (χ2n) is 10.2. The first-order valence-electron chi connectivity index (χ1n) is 13.4. The minimum absolute atomic E-state index is 0.105. The molecule has 2 N–H and O–H groups in total. The number of hydrogen-bond acceptors (Lipinski definition) is 7. The summed E-state index contributed by atoms with van der Waals surface area (Å²) in [6, 6.07) is 21.2. The highest BCUT2D eigenvalue weighted by Crippen LogP contribution is 2.37. The average molecular weight is 538 g/mol. The average Bonchev–Trinajstić information content (AvgIpc) is 3.44. The summed E-state index contributed by atoms with van der Waals surface area (Å²) in [6.07, 6.45) is 0.893. The molecular weight excluding hydrogens is 506 g/mol. The molecule has 1 amide bonds. The number of carbonyl (C=O) groups is 1. The molecule has 5 rings (SSSR count). The Labute approximate surface area is 232 Å².